The second kappa shape index (κ2) is 15.8. The van der Waals surface area contributed by atoms with E-state index in [0.29, 0.717) is 26.4 Å². The lowest BCUT2D eigenvalue weighted by Gasteiger charge is -2.19. The van der Waals surface area contributed by atoms with Crippen molar-refractivity contribution in [3.05, 3.63) is 75.8 Å². The summed E-state index contributed by atoms with van der Waals surface area (Å²) in [6, 6.07) is 8.99. The van der Waals surface area contributed by atoms with Gasteiger partial charge in [0.2, 0.25) is 0 Å². The SMILES string of the molecule is COCCOCC#CB(C#CCOCCOC)n1c(C)cc(C)c1/C(=C1\N=C(C)C=C1C)c1ccc(C(=O)O)cc1. The summed E-state index contributed by atoms with van der Waals surface area (Å²) >= 11 is 0. The highest BCUT2D eigenvalue weighted by Crippen LogP contribution is 2.36. The maximum Gasteiger partial charge on any atom is 0.433 e. The Bertz CT molecular complexity index is 1420. The molecule has 0 radical (unpaired) electrons. The van der Waals surface area contributed by atoms with Crippen LogP contribution in [0.4, 0.5) is 0 Å². The van der Waals surface area contributed by atoms with Crippen molar-refractivity contribution in [1.82, 2.24) is 4.48 Å². The Kier molecular flexibility index (Phi) is 12.2. The van der Waals surface area contributed by atoms with Crippen LogP contribution in [0.5, 0.6) is 0 Å². The summed E-state index contributed by atoms with van der Waals surface area (Å²) in [5.41, 5.74) is 7.64. The summed E-state index contributed by atoms with van der Waals surface area (Å²) in [6.45, 7) is 9.96. The summed E-state index contributed by atoms with van der Waals surface area (Å²) in [7, 11) is 3.25. The maximum atomic E-state index is 11.6. The number of aliphatic imine (C=N–C) groups is 1. The van der Waals surface area contributed by atoms with Gasteiger partial charge in [-0.15, -0.1) is 11.6 Å². The number of aromatic nitrogens is 1. The molecule has 0 aliphatic carbocycles. The van der Waals surface area contributed by atoms with Gasteiger partial charge in [0.25, 0.3) is 0 Å². The van der Waals surface area contributed by atoms with E-state index in [0.717, 1.165) is 45.1 Å². The van der Waals surface area contributed by atoms with Gasteiger partial charge in [-0.3, -0.25) is 4.99 Å². The van der Waals surface area contributed by atoms with E-state index >= 15 is 0 Å². The molecule has 1 aromatic heterocycles. The van der Waals surface area contributed by atoms with Crippen LogP contribution in [0, 0.1) is 37.3 Å². The van der Waals surface area contributed by atoms with Crippen LogP contribution >= 0.6 is 0 Å². The number of methoxy groups -OCH3 is 2. The second-order valence-electron chi connectivity index (χ2n) is 9.51. The lowest BCUT2D eigenvalue weighted by molar-refractivity contribution is 0.0697. The molecule has 8 nitrogen and oxygen atoms in total. The highest BCUT2D eigenvalue weighted by molar-refractivity contribution is 6.74. The summed E-state index contributed by atoms with van der Waals surface area (Å²) in [5, 5.41) is 9.47. The molecule has 0 unspecified atom stereocenters. The minimum Gasteiger partial charge on any atom is -0.478 e. The predicted molar refractivity (Wildman–Crippen MR) is 162 cm³/mol. The molecule has 9 heteroatoms. The first-order valence-electron chi connectivity index (χ1n) is 13.4. The quantitative estimate of drug-likeness (QED) is 0.239. The Morgan fingerprint density at radius 3 is 1.95 bits per heavy atom. The third kappa shape index (κ3) is 8.56. The fraction of sp³-hybridized carbons (Fsp3) is 0.375. The number of rotatable bonds is 12. The molecule has 2 heterocycles. The van der Waals surface area contributed by atoms with E-state index in [9.17, 15) is 9.90 Å². The number of allylic oxidation sites excluding steroid dienone is 2. The van der Waals surface area contributed by atoms with Gasteiger partial charge in [0.05, 0.1) is 37.7 Å². The number of ether oxygens (including phenoxy) is 4. The summed E-state index contributed by atoms with van der Waals surface area (Å²) in [6.07, 6.45) is 2.04. The molecular formula is C32H37BN2O6. The van der Waals surface area contributed by atoms with Crippen LogP contribution < -0.4 is 0 Å². The minimum absolute atomic E-state index is 0.219. The second-order valence-corrected chi connectivity index (χ2v) is 9.51. The van der Waals surface area contributed by atoms with Gasteiger partial charge in [-0.25, -0.2) is 4.79 Å². The van der Waals surface area contributed by atoms with E-state index in [1.54, 1.807) is 26.4 Å². The van der Waals surface area contributed by atoms with Crippen molar-refractivity contribution in [3.8, 4) is 23.5 Å². The number of aromatic carboxylic acids is 1. The highest BCUT2D eigenvalue weighted by Gasteiger charge is 2.27. The van der Waals surface area contributed by atoms with Crippen molar-refractivity contribution < 1.29 is 28.8 Å². The molecule has 1 N–H and O–H groups in total. The molecule has 0 saturated heterocycles. The normalized spacial score (nSPS) is 13.5. The van der Waals surface area contributed by atoms with Crippen LogP contribution in [0.2, 0.25) is 0 Å². The third-order valence-electron chi connectivity index (χ3n) is 6.35. The average molecular weight is 556 g/mol. The van der Waals surface area contributed by atoms with Gasteiger partial charge in [0.1, 0.15) is 13.2 Å². The van der Waals surface area contributed by atoms with Crippen LogP contribution in [0.1, 0.15) is 46.7 Å². The van der Waals surface area contributed by atoms with E-state index in [1.807, 2.05) is 39.0 Å². The molecule has 0 atom stereocenters. The zero-order chi connectivity index (χ0) is 29.8. The molecule has 0 saturated carbocycles. The van der Waals surface area contributed by atoms with Gasteiger partial charge in [-0.05, 0) is 68.7 Å². The average Bonchev–Trinajstić information content (AvgIpc) is 3.43. The third-order valence-corrected chi connectivity index (χ3v) is 6.35. The molecule has 3 rings (SSSR count). The molecule has 0 spiro atoms. The van der Waals surface area contributed by atoms with Gasteiger partial charge >= 0.3 is 12.8 Å². The lowest BCUT2D eigenvalue weighted by Crippen LogP contribution is -2.26. The van der Waals surface area contributed by atoms with Crippen LogP contribution in [0.15, 0.2) is 52.7 Å². The van der Waals surface area contributed by atoms with Crippen molar-refractivity contribution >= 4 is 24.1 Å². The Balaban J connectivity index is 2.16. The molecule has 1 aliphatic heterocycles. The Hall–Kier alpha value is -3.86. The highest BCUT2D eigenvalue weighted by atomic mass is 16.5. The number of carbonyl (C=O) groups is 1. The van der Waals surface area contributed by atoms with E-state index in [2.05, 4.69) is 40.9 Å². The minimum atomic E-state index is -0.974. The number of hydrogen-bond donors (Lipinski definition) is 1. The number of hydrogen-bond acceptors (Lipinski definition) is 6. The molecule has 0 fully saturated rings. The topological polar surface area (TPSA) is 91.5 Å². The van der Waals surface area contributed by atoms with Crippen LogP contribution in [-0.4, -0.2) is 82.0 Å². The smallest absolute Gasteiger partial charge is 0.433 e. The van der Waals surface area contributed by atoms with Crippen LogP contribution in [0.3, 0.4) is 0 Å². The number of carboxylic acids is 1. The van der Waals surface area contributed by atoms with Crippen LogP contribution in [-0.2, 0) is 18.9 Å². The monoisotopic (exact) mass is 556 g/mol. The van der Waals surface area contributed by atoms with Crippen molar-refractivity contribution in [3.63, 3.8) is 0 Å². The molecule has 1 aromatic carbocycles. The van der Waals surface area contributed by atoms with E-state index in [4.69, 9.17) is 23.9 Å². The first kappa shape index (κ1) is 31.7. The van der Waals surface area contributed by atoms with Crippen molar-refractivity contribution in [2.45, 2.75) is 27.7 Å². The fourth-order valence-electron chi connectivity index (χ4n) is 4.54. The van der Waals surface area contributed by atoms with Crippen molar-refractivity contribution in [1.29, 1.82) is 0 Å². The van der Waals surface area contributed by atoms with E-state index < -0.39 is 12.8 Å². The van der Waals surface area contributed by atoms with Crippen molar-refractivity contribution in [2.75, 3.05) is 53.9 Å². The Morgan fingerprint density at radius 1 is 0.902 bits per heavy atom. The van der Waals surface area contributed by atoms with Gasteiger partial charge in [0, 0.05) is 36.9 Å². The molecule has 2 aromatic rings. The van der Waals surface area contributed by atoms with E-state index in [-0.39, 0.29) is 18.8 Å². The standard InChI is InChI=1S/C32H37BN2O6/c1-23-21-25(3)34-30(23)29(27-9-11-28(12-10-27)32(36)37)31-24(2)22-26(4)35(31)33(13-7-15-40-19-17-38-5)14-8-16-41-20-18-39-6/h9-12,21-22H,15-20H2,1-6H3,(H,36,37)/b30-29-. The molecule has 0 bridgehead atoms. The number of nitrogens with zero attached hydrogens (tertiary/aromatic N) is 2. The molecule has 1 aliphatic rings. The molecule has 0 amide bonds. The van der Waals surface area contributed by atoms with Gasteiger partial charge in [-0.2, -0.15) is 0 Å². The lowest BCUT2D eigenvalue weighted by atomic mass is 9.63. The molecule has 214 valence electrons. The number of benzene rings is 1. The first-order valence-corrected chi connectivity index (χ1v) is 13.4. The number of aryl methyl sites for hydroxylation is 2. The van der Waals surface area contributed by atoms with Crippen molar-refractivity contribution in [2.24, 2.45) is 4.99 Å². The number of carboxylic acid groups (broad SMARTS) is 1. The van der Waals surface area contributed by atoms with Gasteiger partial charge in [0.15, 0.2) is 0 Å². The Labute approximate surface area is 243 Å². The fourth-order valence-corrected chi connectivity index (χ4v) is 4.54. The Morgan fingerprint density at radius 2 is 1.46 bits per heavy atom. The summed E-state index contributed by atoms with van der Waals surface area (Å²) in [4.78, 5) is 16.4. The van der Waals surface area contributed by atoms with Crippen LogP contribution in [0.25, 0.3) is 5.57 Å². The maximum absolute atomic E-state index is 11.6. The molecule has 41 heavy (non-hydrogen) atoms. The zero-order valence-corrected chi connectivity index (χ0v) is 24.7. The summed E-state index contributed by atoms with van der Waals surface area (Å²) < 4.78 is 23.4. The van der Waals surface area contributed by atoms with Gasteiger partial charge in [-0.1, -0.05) is 24.0 Å². The first-order chi connectivity index (χ1) is 19.8. The summed E-state index contributed by atoms with van der Waals surface area (Å²) in [5.74, 6) is 11.9. The van der Waals surface area contributed by atoms with E-state index in [1.165, 1.54) is 0 Å². The largest absolute Gasteiger partial charge is 0.478 e. The zero-order valence-electron chi connectivity index (χ0n) is 24.7. The molecular weight excluding hydrogens is 519 g/mol. The predicted octanol–water partition coefficient (Wildman–Crippen LogP) is 4.23. The van der Waals surface area contributed by atoms with Gasteiger partial charge < -0.3 is 28.5 Å².